The van der Waals surface area contributed by atoms with E-state index in [0.29, 0.717) is 19.5 Å². The van der Waals surface area contributed by atoms with Crippen LogP contribution in [0.25, 0.3) is 11.1 Å². The SMILES string of the molecule is NCCC(=O)NCc1cccc(-c2ccccc2)c1. The van der Waals surface area contributed by atoms with Gasteiger partial charge in [0, 0.05) is 19.5 Å². The summed E-state index contributed by atoms with van der Waals surface area (Å²) in [5.41, 5.74) is 8.76. The van der Waals surface area contributed by atoms with Gasteiger partial charge in [-0.3, -0.25) is 4.79 Å². The summed E-state index contributed by atoms with van der Waals surface area (Å²) in [5, 5.41) is 2.86. The quantitative estimate of drug-likeness (QED) is 0.860. The van der Waals surface area contributed by atoms with E-state index in [1.165, 1.54) is 5.56 Å². The van der Waals surface area contributed by atoms with Gasteiger partial charge in [0.2, 0.25) is 5.91 Å². The first kappa shape index (κ1) is 13.3. The van der Waals surface area contributed by atoms with Gasteiger partial charge < -0.3 is 11.1 Å². The number of carbonyl (C=O) groups excluding carboxylic acids is 1. The molecule has 0 aliphatic heterocycles. The van der Waals surface area contributed by atoms with Crippen molar-refractivity contribution in [1.82, 2.24) is 5.32 Å². The van der Waals surface area contributed by atoms with E-state index in [1.807, 2.05) is 30.3 Å². The summed E-state index contributed by atoms with van der Waals surface area (Å²) < 4.78 is 0. The third kappa shape index (κ3) is 3.93. The minimum absolute atomic E-state index is 0.00684. The fourth-order valence-corrected chi connectivity index (χ4v) is 1.91. The highest BCUT2D eigenvalue weighted by Gasteiger charge is 2.01. The average molecular weight is 254 g/mol. The van der Waals surface area contributed by atoms with Crippen molar-refractivity contribution in [3.8, 4) is 11.1 Å². The predicted molar refractivity (Wildman–Crippen MR) is 77.4 cm³/mol. The van der Waals surface area contributed by atoms with Gasteiger partial charge in [0.25, 0.3) is 0 Å². The fourth-order valence-electron chi connectivity index (χ4n) is 1.91. The van der Waals surface area contributed by atoms with Crippen molar-refractivity contribution < 1.29 is 4.79 Å². The molecule has 0 bridgehead atoms. The number of benzene rings is 2. The molecule has 0 aromatic heterocycles. The second-order valence-electron chi connectivity index (χ2n) is 4.38. The molecule has 0 fully saturated rings. The summed E-state index contributed by atoms with van der Waals surface area (Å²) in [7, 11) is 0. The Labute approximate surface area is 113 Å². The van der Waals surface area contributed by atoms with Crippen molar-refractivity contribution in [2.75, 3.05) is 6.54 Å². The van der Waals surface area contributed by atoms with Crippen LogP contribution >= 0.6 is 0 Å². The Morgan fingerprint density at radius 1 is 1.00 bits per heavy atom. The van der Waals surface area contributed by atoms with Crippen molar-refractivity contribution in [3.63, 3.8) is 0 Å². The van der Waals surface area contributed by atoms with Crippen molar-refractivity contribution in [3.05, 3.63) is 60.2 Å². The van der Waals surface area contributed by atoms with Crippen LogP contribution in [-0.2, 0) is 11.3 Å². The zero-order valence-corrected chi connectivity index (χ0v) is 10.8. The summed E-state index contributed by atoms with van der Waals surface area (Å²) in [6, 6.07) is 18.4. The topological polar surface area (TPSA) is 55.1 Å². The van der Waals surface area contributed by atoms with E-state index in [2.05, 4.69) is 29.6 Å². The Bertz CT molecular complexity index is 537. The van der Waals surface area contributed by atoms with Gasteiger partial charge in [0.1, 0.15) is 0 Å². The van der Waals surface area contributed by atoms with Crippen LogP contribution in [0.3, 0.4) is 0 Å². The number of carbonyl (C=O) groups is 1. The van der Waals surface area contributed by atoms with Gasteiger partial charge in [-0.05, 0) is 22.8 Å². The molecule has 2 aromatic rings. The predicted octanol–water partition coefficient (Wildman–Crippen LogP) is 2.32. The maximum Gasteiger partial charge on any atom is 0.221 e. The van der Waals surface area contributed by atoms with Crippen LogP contribution in [0.15, 0.2) is 54.6 Å². The van der Waals surface area contributed by atoms with Crippen molar-refractivity contribution in [2.24, 2.45) is 5.73 Å². The normalized spacial score (nSPS) is 10.2. The molecule has 98 valence electrons. The zero-order valence-electron chi connectivity index (χ0n) is 10.8. The van der Waals surface area contributed by atoms with E-state index >= 15 is 0 Å². The third-order valence-electron chi connectivity index (χ3n) is 2.90. The van der Waals surface area contributed by atoms with Crippen LogP contribution in [0.1, 0.15) is 12.0 Å². The van der Waals surface area contributed by atoms with Gasteiger partial charge in [-0.25, -0.2) is 0 Å². The molecule has 0 unspecified atom stereocenters. The van der Waals surface area contributed by atoms with Crippen molar-refractivity contribution in [1.29, 1.82) is 0 Å². The zero-order chi connectivity index (χ0) is 13.5. The Kier molecular flexibility index (Phi) is 4.70. The highest BCUT2D eigenvalue weighted by atomic mass is 16.1. The molecule has 1 amide bonds. The molecule has 0 spiro atoms. The van der Waals surface area contributed by atoms with E-state index in [9.17, 15) is 4.79 Å². The molecule has 19 heavy (non-hydrogen) atoms. The maximum absolute atomic E-state index is 11.4. The highest BCUT2D eigenvalue weighted by Crippen LogP contribution is 2.19. The molecule has 0 radical (unpaired) electrons. The lowest BCUT2D eigenvalue weighted by molar-refractivity contribution is -0.121. The van der Waals surface area contributed by atoms with Gasteiger partial charge in [0.05, 0.1) is 0 Å². The second-order valence-corrected chi connectivity index (χ2v) is 4.38. The highest BCUT2D eigenvalue weighted by molar-refractivity contribution is 5.76. The van der Waals surface area contributed by atoms with Crippen molar-refractivity contribution in [2.45, 2.75) is 13.0 Å². The molecular weight excluding hydrogens is 236 g/mol. The van der Waals surface area contributed by atoms with E-state index in [1.54, 1.807) is 0 Å². The largest absolute Gasteiger partial charge is 0.352 e. The molecule has 0 heterocycles. The Hall–Kier alpha value is -2.13. The van der Waals surface area contributed by atoms with Crippen LogP contribution in [0.4, 0.5) is 0 Å². The number of nitrogens with two attached hydrogens (primary N) is 1. The number of rotatable bonds is 5. The van der Waals surface area contributed by atoms with E-state index in [4.69, 9.17) is 5.73 Å². The fraction of sp³-hybridized carbons (Fsp3) is 0.188. The molecule has 3 N–H and O–H groups in total. The van der Waals surface area contributed by atoms with E-state index in [0.717, 1.165) is 11.1 Å². The summed E-state index contributed by atoms with van der Waals surface area (Å²) in [6.07, 6.45) is 0.373. The number of hydrogen-bond donors (Lipinski definition) is 2. The molecular formula is C16H18N2O. The molecule has 0 saturated heterocycles. The standard InChI is InChI=1S/C16H18N2O/c17-10-9-16(19)18-12-13-5-4-8-15(11-13)14-6-2-1-3-7-14/h1-8,11H,9-10,12,17H2,(H,18,19). The number of amides is 1. The van der Waals surface area contributed by atoms with Gasteiger partial charge in [-0.15, -0.1) is 0 Å². The van der Waals surface area contributed by atoms with E-state index in [-0.39, 0.29) is 5.91 Å². The molecule has 0 aliphatic carbocycles. The van der Waals surface area contributed by atoms with E-state index < -0.39 is 0 Å². The van der Waals surface area contributed by atoms with Gasteiger partial charge in [0.15, 0.2) is 0 Å². The monoisotopic (exact) mass is 254 g/mol. The Morgan fingerprint density at radius 3 is 2.47 bits per heavy atom. The summed E-state index contributed by atoms with van der Waals surface area (Å²) in [6.45, 7) is 0.926. The summed E-state index contributed by atoms with van der Waals surface area (Å²) in [4.78, 5) is 11.4. The lowest BCUT2D eigenvalue weighted by Gasteiger charge is -2.07. The Balaban J connectivity index is 2.06. The molecule has 3 nitrogen and oxygen atoms in total. The molecule has 0 atom stereocenters. The van der Waals surface area contributed by atoms with Crippen molar-refractivity contribution >= 4 is 5.91 Å². The molecule has 0 saturated carbocycles. The Morgan fingerprint density at radius 2 is 1.74 bits per heavy atom. The average Bonchev–Trinajstić information content (AvgIpc) is 2.47. The third-order valence-corrected chi connectivity index (χ3v) is 2.90. The molecule has 2 aromatic carbocycles. The lowest BCUT2D eigenvalue weighted by atomic mass is 10.0. The smallest absolute Gasteiger partial charge is 0.221 e. The van der Waals surface area contributed by atoms with Crippen LogP contribution in [0.5, 0.6) is 0 Å². The number of hydrogen-bond acceptors (Lipinski definition) is 2. The summed E-state index contributed by atoms with van der Waals surface area (Å²) >= 11 is 0. The first-order valence-electron chi connectivity index (χ1n) is 6.41. The van der Waals surface area contributed by atoms with Crippen LogP contribution in [-0.4, -0.2) is 12.5 Å². The minimum Gasteiger partial charge on any atom is -0.352 e. The molecule has 3 heteroatoms. The minimum atomic E-state index is -0.00684. The summed E-state index contributed by atoms with van der Waals surface area (Å²) in [5.74, 6) is -0.00684. The molecule has 0 aliphatic rings. The lowest BCUT2D eigenvalue weighted by Crippen LogP contribution is -2.24. The van der Waals surface area contributed by atoms with Crippen LogP contribution < -0.4 is 11.1 Å². The van der Waals surface area contributed by atoms with Gasteiger partial charge in [-0.1, -0.05) is 48.5 Å². The van der Waals surface area contributed by atoms with Gasteiger partial charge in [-0.2, -0.15) is 0 Å². The molecule has 2 rings (SSSR count). The number of nitrogens with one attached hydrogen (secondary N) is 1. The van der Waals surface area contributed by atoms with Gasteiger partial charge >= 0.3 is 0 Å². The first-order valence-corrected chi connectivity index (χ1v) is 6.41. The van der Waals surface area contributed by atoms with Crippen LogP contribution in [0.2, 0.25) is 0 Å². The second kappa shape index (κ2) is 6.71. The maximum atomic E-state index is 11.4. The first-order chi connectivity index (χ1) is 9.29. The van der Waals surface area contributed by atoms with Crippen LogP contribution in [0, 0.1) is 0 Å².